The van der Waals surface area contributed by atoms with Gasteiger partial charge in [-0.1, -0.05) is 6.07 Å². The molecule has 0 radical (unpaired) electrons. The van der Waals surface area contributed by atoms with Crippen molar-refractivity contribution in [1.82, 2.24) is 9.97 Å². The van der Waals surface area contributed by atoms with Crippen molar-refractivity contribution in [2.75, 3.05) is 0 Å². The Bertz CT molecular complexity index is 790. The third-order valence-electron chi connectivity index (χ3n) is 2.94. The number of hydrogen-bond acceptors (Lipinski definition) is 4. The first-order valence-corrected chi connectivity index (χ1v) is 5.45. The molecule has 1 aromatic heterocycles. The lowest BCUT2D eigenvalue weighted by atomic mass is 10.0. The fourth-order valence-electron chi connectivity index (χ4n) is 2.05. The van der Waals surface area contributed by atoms with Crippen molar-refractivity contribution in [3.05, 3.63) is 47.0 Å². The van der Waals surface area contributed by atoms with Gasteiger partial charge in [0.1, 0.15) is 5.69 Å². The van der Waals surface area contributed by atoms with Gasteiger partial charge >= 0.3 is 6.18 Å². The van der Waals surface area contributed by atoms with Crippen molar-refractivity contribution in [2.45, 2.75) is 6.18 Å². The van der Waals surface area contributed by atoms with Crippen molar-refractivity contribution in [3.8, 4) is 17.2 Å². The predicted octanol–water partition coefficient (Wildman–Crippen LogP) is 2.58. The van der Waals surface area contributed by atoms with Crippen LogP contribution >= 0.6 is 0 Å². The molecule has 0 amide bonds. The Morgan fingerprint density at radius 3 is 2.55 bits per heavy atom. The molecular weight excluding hydrogens is 271 g/mol. The Balaban J connectivity index is 2.21. The number of nitrogens with zero attached hydrogens (tertiary/aromatic N) is 3. The first-order chi connectivity index (χ1) is 9.41. The molecule has 0 saturated heterocycles. The molecule has 0 atom stereocenters. The lowest BCUT2D eigenvalue weighted by Gasteiger charge is -2.05. The van der Waals surface area contributed by atoms with Crippen LogP contribution in [0.4, 0.5) is 13.2 Å². The highest BCUT2D eigenvalue weighted by Crippen LogP contribution is 2.37. The number of carbonyl (C=O) groups excluding carboxylic acids is 1. The molecule has 0 aliphatic heterocycles. The topological polar surface area (TPSA) is 66.6 Å². The number of fused-ring (bicyclic) bond motifs is 3. The molecule has 7 heteroatoms. The Labute approximate surface area is 110 Å². The van der Waals surface area contributed by atoms with Crippen LogP contribution in [0.5, 0.6) is 0 Å². The van der Waals surface area contributed by atoms with Crippen LogP contribution in [0, 0.1) is 11.3 Å². The standard InChI is InChI=1S/C13H4F3N3O/c14-13(15,16)12-18-5-9-7-2-1-6(4-17)3-8(7)11(20)10(9)19-12/h1-3,5H. The lowest BCUT2D eigenvalue weighted by molar-refractivity contribution is -0.145. The van der Waals surface area contributed by atoms with Gasteiger partial charge in [0.15, 0.2) is 0 Å². The maximum absolute atomic E-state index is 12.6. The monoisotopic (exact) mass is 275 g/mol. The molecule has 0 saturated carbocycles. The Hall–Kier alpha value is -2.75. The van der Waals surface area contributed by atoms with E-state index < -0.39 is 17.8 Å². The summed E-state index contributed by atoms with van der Waals surface area (Å²) in [6.45, 7) is 0. The van der Waals surface area contributed by atoms with Crippen LogP contribution < -0.4 is 0 Å². The van der Waals surface area contributed by atoms with Crippen LogP contribution in [0.3, 0.4) is 0 Å². The van der Waals surface area contributed by atoms with Gasteiger partial charge in [-0.15, -0.1) is 0 Å². The number of alkyl halides is 3. The Morgan fingerprint density at radius 2 is 1.90 bits per heavy atom. The van der Waals surface area contributed by atoms with Crippen LogP contribution in [0.2, 0.25) is 0 Å². The highest BCUT2D eigenvalue weighted by atomic mass is 19.4. The fraction of sp³-hybridized carbons (Fsp3) is 0.0769. The number of ketones is 1. The molecule has 1 aliphatic rings. The predicted molar refractivity (Wildman–Crippen MR) is 60.6 cm³/mol. The fourth-order valence-corrected chi connectivity index (χ4v) is 2.05. The van der Waals surface area contributed by atoms with Crippen molar-refractivity contribution in [3.63, 3.8) is 0 Å². The number of rotatable bonds is 0. The second-order valence-electron chi connectivity index (χ2n) is 4.15. The smallest absolute Gasteiger partial charge is 0.287 e. The van der Waals surface area contributed by atoms with E-state index in [4.69, 9.17) is 5.26 Å². The van der Waals surface area contributed by atoms with Gasteiger partial charge in [0.2, 0.25) is 11.6 Å². The maximum atomic E-state index is 12.6. The normalized spacial score (nSPS) is 12.8. The average Bonchev–Trinajstić information content (AvgIpc) is 2.70. The van der Waals surface area contributed by atoms with Gasteiger partial charge in [0, 0.05) is 17.3 Å². The molecule has 1 aromatic carbocycles. The lowest BCUT2D eigenvalue weighted by Crippen LogP contribution is -2.13. The van der Waals surface area contributed by atoms with Gasteiger partial charge in [0.25, 0.3) is 0 Å². The van der Waals surface area contributed by atoms with E-state index in [1.165, 1.54) is 18.2 Å². The van der Waals surface area contributed by atoms with E-state index in [0.717, 1.165) is 6.20 Å². The SMILES string of the molecule is N#Cc1ccc2c(c1)C(=O)c1nc(C(F)(F)F)ncc1-2. The van der Waals surface area contributed by atoms with E-state index in [2.05, 4.69) is 9.97 Å². The van der Waals surface area contributed by atoms with Gasteiger partial charge in [-0.05, 0) is 17.7 Å². The highest BCUT2D eigenvalue weighted by molar-refractivity contribution is 6.20. The van der Waals surface area contributed by atoms with Gasteiger partial charge in [-0.25, -0.2) is 9.97 Å². The zero-order valence-corrected chi connectivity index (χ0v) is 9.69. The molecule has 20 heavy (non-hydrogen) atoms. The number of nitriles is 1. The zero-order valence-electron chi connectivity index (χ0n) is 9.69. The molecule has 0 fully saturated rings. The molecule has 0 unspecified atom stereocenters. The second kappa shape index (κ2) is 3.87. The minimum atomic E-state index is -4.71. The Morgan fingerprint density at radius 1 is 1.15 bits per heavy atom. The molecule has 1 aliphatic carbocycles. The van der Waals surface area contributed by atoms with Crippen molar-refractivity contribution < 1.29 is 18.0 Å². The summed E-state index contributed by atoms with van der Waals surface area (Å²) in [6, 6.07) is 6.20. The van der Waals surface area contributed by atoms with E-state index in [1.54, 1.807) is 0 Å². The Kier molecular flexibility index (Phi) is 2.38. The number of hydrogen-bond donors (Lipinski definition) is 0. The minimum Gasteiger partial charge on any atom is -0.287 e. The molecule has 2 aromatic rings. The number of carbonyl (C=O) groups is 1. The van der Waals surface area contributed by atoms with Gasteiger partial charge in [-0.2, -0.15) is 18.4 Å². The van der Waals surface area contributed by atoms with Crippen molar-refractivity contribution in [1.29, 1.82) is 5.26 Å². The van der Waals surface area contributed by atoms with E-state index in [9.17, 15) is 18.0 Å². The van der Waals surface area contributed by atoms with Crippen LogP contribution in [0.1, 0.15) is 27.4 Å². The zero-order chi connectivity index (χ0) is 14.5. The first kappa shape index (κ1) is 12.3. The van der Waals surface area contributed by atoms with Gasteiger partial charge < -0.3 is 0 Å². The summed E-state index contributed by atoms with van der Waals surface area (Å²) >= 11 is 0. The molecular formula is C13H4F3N3O. The minimum absolute atomic E-state index is 0.174. The number of halogens is 3. The van der Waals surface area contributed by atoms with Crippen LogP contribution in [0.25, 0.3) is 11.1 Å². The van der Waals surface area contributed by atoms with E-state index in [-0.39, 0.29) is 22.4 Å². The average molecular weight is 275 g/mol. The first-order valence-electron chi connectivity index (χ1n) is 5.45. The summed E-state index contributed by atoms with van der Waals surface area (Å²) in [5, 5.41) is 8.78. The summed E-state index contributed by atoms with van der Waals surface area (Å²) in [5.74, 6) is -1.97. The van der Waals surface area contributed by atoms with E-state index in [1.807, 2.05) is 6.07 Å². The van der Waals surface area contributed by atoms with E-state index in [0.29, 0.717) is 5.56 Å². The molecule has 3 rings (SSSR count). The molecule has 0 spiro atoms. The molecule has 4 nitrogen and oxygen atoms in total. The largest absolute Gasteiger partial charge is 0.451 e. The maximum Gasteiger partial charge on any atom is 0.451 e. The summed E-state index contributed by atoms with van der Waals surface area (Å²) < 4.78 is 37.7. The van der Waals surface area contributed by atoms with Crippen LogP contribution in [0.15, 0.2) is 24.4 Å². The summed E-state index contributed by atoms with van der Waals surface area (Å²) in [6.07, 6.45) is -3.72. The van der Waals surface area contributed by atoms with Gasteiger partial charge in [-0.3, -0.25) is 4.79 Å². The van der Waals surface area contributed by atoms with Crippen molar-refractivity contribution in [2.24, 2.45) is 0 Å². The number of aromatic nitrogens is 2. The molecule has 98 valence electrons. The quantitative estimate of drug-likeness (QED) is 0.632. The third-order valence-corrected chi connectivity index (χ3v) is 2.94. The molecule has 0 N–H and O–H groups in total. The second-order valence-corrected chi connectivity index (χ2v) is 4.15. The van der Waals surface area contributed by atoms with Crippen LogP contribution in [-0.4, -0.2) is 15.8 Å². The van der Waals surface area contributed by atoms with Gasteiger partial charge in [0.05, 0.1) is 11.6 Å². The van der Waals surface area contributed by atoms with Crippen molar-refractivity contribution >= 4 is 5.78 Å². The van der Waals surface area contributed by atoms with Crippen LogP contribution in [-0.2, 0) is 6.18 Å². The summed E-state index contributed by atoms with van der Waals surface area (Å²) in [5.41, 5.74) is 0.846. The summed E-state index contributed by atoms with van der Waals surface area (Å²) in [4.78, 5) is 18.6. The third kappa shape index (κ3) is 1.66. The summed E-state index contributed by atoms with van der Waals surface area (Å²) in [7, 11) is 0. The highest BCUT2D eigenvalue weighted by Gasteiger charge is 2.38. The number of benzene rings is 1. The van der Waals surface area contributed by atoms with E-state index >= 15 is 0 Å². The molecule has 1 heterocycles. The molecule has 0 bridgehead atoms.